The van der Waals surface area contributed by atoms with Crippen molar-refractivity contribution in [3.63, 3.8) is 0 Å². The Morgan fingerprint density at radius 1 is 1.28 bits per heavy atom. The van der Waals surface area contributed by atoms with Crippen molar-refractivity contribution in [3.05, 3.63) is 41.9 Å². The molecular weight excluding hydrogens is 335 g/mol. The van der Waals surface area contributed by atoms with Crippen LogP contribution < -0.4 is 10.2 Å². The number of halogens is 3. The monoisotopic (exact) mass is 353 g/mol. The van der Waals surface area contributed by atoms with Gasteiger partial charge in [-0.25, -0.2) is 4.98 Å². The van der Waals surface area contributed by atoms with Crippen LogP contribution >= 0.6 is 0 Å². The minimum atomic E-state index is -4.45. The van der Waals surface area contributed by atoms with Crippen molar-refractivity contribution in [2.24, 2.45) is 7.05 Å². The molecule has 1 saturated heterocycles. The van der Waals surface area contributed by atoms with Crippen molar-refractivity contribution in [2.45, 2.75) is 25.1 Å². The van der Waals surface area contributed by atoms with E-state index in [4.69, 9.17) is 0 Å². The molecule has 1 N–H and O–H groups in total. The molecular formula is C16H18F3N5O. The molecule has 1 fully saturated rings. The number of amides is 1. The second kappa shape index (κ2) is 6.73. The van der Waals surface area contributed by atoms with Gasteiger partial charge in [0.25, 0.3) is 5.91 Å². The van der Waals surface area contributed by atoms with Gasteiger partial charge in [-0.05, 0) is 25.0 Å². The minimum Gasteiger partial charge on any atom is -0.356 e. The molecule has 1 aliphatic heterocycles. The van der Waals surface area contributed by atoms with Crippen molar-refractivity contribution in [2.75, 3.05) is 18.0 Å². The Bertz CT molecular complexity index is 750. The lowest BCUT2D eigenvalue weighted by Gasteiger charge is -2.33. The lowest BCUT2D eigenvalue weighted by molar-refractivity contribution is -0.141. The first-order valence-electron chi connectivity index (χ1n) is 7.91. The third kappa shape index (κ3) is 4.09. The molecule has 3 rings (SSSR count). The van der Waals surface area contributed by atoms with E-state index < -0.39 is 11.9 Å². The van der Waals surface area contributed by atoms with Crippen LogP contribution in [0.15, 0.2) is 30.6 Å². The Kier molecular flexibility index (Phi) is 4.65. The molecule has 1 aliphatic rings. The van der Waals surface area contributed by atoms with Gasteiger partial charge >= 0.3 is 6.18 Å². The van der Waals surface area contributed by atoms with Gasteiger partial charge in [0.1, 0.15) is 11.5 Å². The molecule has 2 aromatic rings. The Labute approximate surface area is 142 Å². The fourth-order valence-electron chi connectivity index (χ4n) is 2.82. The average molecular weight is 353 g/mol. The third-order valence-electron chi connectivity index (χ3n) is 4.15. The zero-order valence-electron chi connectivity index (χ0n) is 13.6. The molecule has 3 heterocycles. The molecule has 6 nitrogen and oxygen atoms in total. The number of hydrogen-bond donors (Lipinski definition) is 1. The average Bonchev–Trinajstić information content (AvgIpc) is 3.01. The number of nitrogens with zero attached hydrogens (tertiary/aromatic N) is 4. The number of carbonyl (C=O) groups is 1. The standard InChI is InChI=1S/C16H18F3N5O/c1-23-10-11(9-20-23)15(25)21-12-5-7-24(8-6-12)14-4-2-3-13(22-14)16(17,18)19/h2-4,9-10,12H,5-8H2,1H3,(H,21,25). The van der Waals surface area contributed by atoms with Crippen LogP contribution in [-0.4, -0.2) is 39.8 Å². The van der Waals surface area contributed by atoms with E-state index in [1.165, 1.54) is 12.3 Å². The van der Waals surface area contributed by atoms with E-state index >= 15 is 0 Å². The van der Waals surface area contributed by atoms with Gasteiger partial charge in [0.2, 0.25) is 0 Å². The number of aromatic nitrogens is 3. The topological polar surface area (TPSA) is 63.1 Å². The molecule has 1 amide bonds. The van der Waals surface area contributed by atoms with Crippen LogP contribution in [-0.2, 0) is 13.2 Å². The van der Waals surface area contributed by atoms with E-state index in [9.17, 15) is 18.0 Å². The molecule has 0 aliphatic carbocycles. The van der Waals surface area contributed by atoms with E-state index in [1.807, 2.05) is 4.90 Å². The summed E-state index contributed by atoms with van der Waals surface area (Å²) < 4.78 is 39.9. The van der Waals surface area contributed by atoms with E-state index in [0.29, 0.717) is 37.3 Å². The molecule has 0 saturated carbocycles. The minimum absolute atomic E-state index is 0.0187. The second-order valence-electron chi connectivity index (χ2n) is 6.02. The van der Waals surface area contributed by atoms with Gasteiger partial charge in [0, 0.05) is 32.4 Å². The number of rotatable bonds is 3. The SMILES string of the molecule is Cn1cc(C(=O)NC2CCN(c3cccc(C(F)(F)F)n3)CC2)cn1. The molecule has 0 bridgehead atoms. The summed E-state index contributed by atoms with van der Waals surface area (Å²) in [5, 5.41) is 6.89. The zero-order valence-corrected chi connectivity index (χ0v) is 13.6. The summed E-state index contributed by atoms with van der Waals surface area (Å²) in [6.07, 6.45) is -0.0338. The molecule has 0 unspecified atom stereocenters. The molecule has 0 atom stereocenters. The molecule has 0 radical (unpaired) electrons. The summed E-state index contributed by atoms with van der Waals surface area (Å²) in [6, 6.07) is 3.88. The highest BCUT2D eigenvalue weighted by molar-refractivity contribution is 5.93. The third-order valence-corrected chi connectivity index (χ3v) is 4.15. The van der Waals surface area contributed by atoms with E-state index in [-0.39, 0.29) is 11.9 Å². The fraction of sp³-hybridized carbons (Fsp3) is 0.438. The molecule has 25 heavy (non-hydrogen) atoms. The molecule has 0 aromatic carbocycles. The Balaban J connectivity index is 1.58. The van der Waals surface area contributed by atoms with E-state index in [1.54, 1.807) is 24.0 Å². The smallest absolute Gasteiger partial charge is 0.356 e. The van der Waals surface area contributed by atoms with Gasteiger partial charge in [-0.2, -0.15) is 18.3 Å². The normalized spacial score (nSPS) is 16.1. The number of piperidine rings is 1. The number of carbonyl (C=O) groups excluding carboxylic acids is 1. The van der Waals surface area contributed by atoms with Crippen molar-refractivity contribution in [3.8, 4) is 0 Å². The maximum Gasteiger partial charge on any atom is 0.433 e. The molecule has 9 heteroatoms. The maximum atomic E-state index is 12.8. The first kappa shape index (κ1) is 17.2. The molecule has 2 aromatic heterocycles. The summed E-state index contributed by atoms with van der Waals surface area (Å²) in [7, 11) is 1.73. The summed E-state index contributed by atoms with van der Waals surface area (Å²) in [5.41, 5.74) is -0.401. The Morgan fingerprint density at radius 3 is 2.60 bits per heavy atom. The lowest BCUT2D eigenvalue weighted by Crippen LogP contribution is -2.45. The van der Waals surface area contributed by atoms with Gasteiger partial charge < -0.3 is 10.2 Å². The number of alkyl halides is 3. The zero-order chi connectivity index (χ0) is 18.0. The Morgan fingerprint density at radius 2 is 2.00 bits per heavy atom. The van der Waals surface area contributed by atoms with Gasteiger partial charge in [-0.3, -0.25) is 9.48 Å². The maximum absolute atomic E-state index is 12.8. The van der Waals surface area contributed by atoms with E-state index in [2.05, 4.69) is 15.4 Å². The van der Waals surface area contributed by atoms with Gasteiger partial charge in [-0.1, -0.05) is 6.07 Å². The highest BCUT2D eigenvalue weighted by Gasteiger charge is 2.33. The molecule has 134 valence electrons. The predicted octanol–water partition coefficient (Wildman–Crippen LogP) is 2.23. The Hall–Kier alpha value is -2.58. The highest BCUT2D eigenvalue weighted by atomic mass is 19.4. The number of aryl methyl sites for hydroxylation is 1. The highest BCUT2D eigenvalue weighted by Crippen LogP contribution is 2.29. The van der Waals surface area contributed by atoms with Gasteiger partial charge in [0.15, 0.2) is 0 Å². The van der Waals surface area contributed by atoms with Crippen LogP contribution in [0.3, 0.4) is 0 Å². The first-order chi connectivity index (χ1) is 11.8. The van der Waals surface area contributed by atoms with Crippen molar-refractivity contribution >= 4 is 11.7 Å². The predicted molar refractivity (Wildman–Crippen MR) is 85.1 cm³/mol. The summed E-state index contributed by atoms with van der Waals surface area (Å²) in [5.74, 6) is 0.121. The van der Waals surface area contributed by atoms with Crippen LogP contribution in [0.5, 0.6) is 0 Å². The van der Waals surface area contributed by atoms with Gasteiger partial charge in [0.05, 0.1) is 11.8 Å². The summed E-state index contributed by atoms with van der Waals surface area (Å²) in [4.78, 5) is 17.6. The number of pyridine rings is 1. The lowest BCUT2D eigenvalue weighted by atomic mass is 10.0. The largest absolute Gasteiger partial charge is 0.433 e. The van der Waals surface area contributed by atoms with E-state index in [0.717, 1.165) is 6.07 Å². The molecule has 0 spiro atoms. The number of hydrogen-bond acceptors (Lipinski definition) is 4. The van der Waals surface area contributed by atoms with Crippen LogP contribution in [0.4, 0.5) is 19.0 Å². The van der Waals surface area contributed by atoms with Crippen LogP contribution in [0.2, 0.25) is 0 Å². The number of anilines is 1. The van der Waals surface area contributed by atoms with Crippen LogP contribution in [0, 0.1) is 0 Å². The summed E-state index contributed by atoms with van der Waals surface area (Å²) in [6.45, 7) is 1.07. The van der Waals surface area contributed by atoms with Crippen molar-refractivity contribution in [1.29, 1.82) is 0 Å². The number of nitrogens with one attached hydrogen (secondary N) is 1. The quantitative estimate of drug-likeness (QED) is 0.919. The van der Waals surface area contributed by atoms with Crippen molar-refractivity contribution in [1.82, 2.24) is 20.1 Å². The van der Waals surface area contributed by atoms with Gasteiger partial charge in [-0.15, -0.1) is 0 Å². The van der Waals surface area contributed by atoms with Crippen molar-refractivity contribution < 1.29 is 18.0 Å². The van der Waals surface area contributed by atoms with Crippen LogP contribution in [0.1, 0.15) is 28.9 Å². The second-order valence-corrected chi connectivity index (χ2v) is 6.02. The first-order valence-corrected chi connectivity index (χ1v) is 7.91. The van der Waals surface area contributed by atoms with Crippen LogP contribution in [0.25, 0.3) is 0 Å². The fourth-order valence-corrected chi connectivity index (χ4v) is 2.82. The summed E-state index contributed by atoms with van der Waals surface area (Å²) >= 11 is 0.